The quantitative estimate of drug-likeness (QED) is 0.440. The fourth-order valence-electron chi connectivity index (χ4n) is 5.00. The largest absolute Gasteiger partial charge is 0.492 e. The minimum absolute atomic E-state index is 0.359. The predicted molar refractivity (Wildman–Crippen MR) is 139 cm³/mol. The molecular weight excluding hydrogens is 474 g/mol. The van der Waals surface area contributed by atoms with E-state index in [0.29, 0.717) is 19.2 Å². The van der Waals surface area contributed by atoms with E-state index >= 15 is 0 Å². The van der Waals surface area contributed by atoms with Crippen molar-refractivity contribution in [2.45, 2.75) is 51.3 Å². The molecule has 0 saturated carbocycles. The van der Waals surface area contributed by atoms with Gasteiger partial charge in [0, 0.05) is 28.6 Å². The molecule has 1 aromatic carbocycles. The highest BCUT2D eigenvalue weighted by molar-refractivity contribution is 7.15. The lowest BCUT2D eigenvalue weighted by Crippen LogP contribution is -2.32. The topological polar surface area (TPSA) is 94.1 Å². The van der Waals surface area contributed by atoms with Crippen LogP contribution in [0.15, 0.2) is 36.9 Å². The molecule has 6 rings (SSSR count). The maximum atomic E-state index is 10.1. The van der Waals surface area contributed by atoms with E-state index in [1.807, 2.05) is 12.4 Å². The highest BCUT2D eigenvalue weighted by Gasteiger charge is 2.27. The molecule has 0 atom stereocenters. The summed E-state index contributed by atoms with van der Waals surface area (Å²) in [6.45, 7) is 6.73. The van der Waals surface area contributed by atoms with Gasteiger partial charge in [0.15, 0.2) is 10.8 Å². The highest BCUT2D eigenvalue weighted by atomic mass is 32.1. The molecule has 188 valence electrons. The van der Waals surface area contributed by atoms with Gasteiger partial charge in [-0.15, -0.1) is 11.3 Å². The first-order chi connectivity index (χ1) is 17.3. The lowest BCUT2D eigenvalue weighted by molar-refractivity contribution is 0.0577. The maximum absolute atomic E-state index is 10.1. The standard InChI is InChI=1S/C26H31N7O2S/c1-26(2,34)15-32-14-18(13-28-32)17-4-5-20-21(12-17)35-11-8-22-23(20)30-25(36-22)24-27-16-29-33(24)19-6-9-31(3)10-7-19/h4-5,12-14,16,19,34H,6-11,15H2,1-3H3. The Hall–Kier alpha value is -3.08. The van der Waals surface area contributed by atoms with Gasteiger partial charge in [0.1, 0.15) is 12.1 Å². The third-order valence-electron chi connectivity index (χ3n) is 6.83. The zero-order valence-electron chi connectivity index (χ0n) is 20.9. The summed E-state index contributed by atoms with van der Waals surface area (Å²) in [6, 6.07) is 6.60. The molecule has 1 fully saturated rings. The third kappa shape index (κ3) is 4.56. The first kappa shape index (κ1) is 23.3. The lowest BCUT2D eigenvalue weighted by Gasteiger charge is -2.29. The van der Waals surface area contributed by atoms with Crippen LogP contribution in [0.25, 0.3) is 33.2 Å². The fourth-order valence-corrected chi connectivity index (χ4v) is 6.05. The van der Waals surface area contributed by atoms with Crippen LogP contribution in [-0.2, 0) is 13.0 Å². The average Bonchev–Trinajstić information content (AvgIpc) is 3.57. The van der Waals surface area contributed by atoms with Gasteiger partial charge in [-0.2, -0.15) is 10.2 Å². The number of ether oxygens (including phenoxy) is 1. The molecule has 9 nitrogen and oxygen atoms in total. The van der Waals surface area contributed by atoms with E-state index in [1.165, 1.54) is 4.88 Å². The molecule has 36 heavy (non-hydrogen) atoms. The molecule has 1 saturated heterocycles. The van der Waals surface area contributed by atoms with Gasteiger partial charge >= 0.3 is 0 Å². The summed E-state index contributed by atoms with van der Waals surface area (Å²) in [4.78, 5) is 13.3. The summed E-state index contributed by atoms with van der Waals surface area (Å²) in [5.74, 6) is 1.69. The summed E-state index contributed by atoms with van der Waals surface area (Å²) in [5.41, 5.74) is 3.17. The molecule has 4 aromatic rings. The van der Waals surface area contributed by atoms with E-state index in [1.54, 1.807) is 36.2 Å². The van der Waals surface area contributed by atoms with Crippen molar-refractivity contribution in [1.29, 1.82) is 0 Å². The highest BCUT2D eigenvalue weighted by Crippen LogP contribution is 2.42. The molecule has 2 aliphatic rings. The number of rotatable bonds is 5. The minimum atomic E-state index is -0.823. The van der Waals surface area contributed by atoms with Crippen molar-refractivity contribution in [1.82, 2.24) is 34.4 Å². The molecule has 0 aliphatic carbocycles. The molecule has 2 aliphatic heterocycles. The van der Waals surface area contributed by atoms with Crippen molar-refractivity contribution in [3.63, 3.8) is 0 Å². The third-order valence-corrected chi connectivity index (χ3v) is 7.95. The average molecular weight is 506 g/mol. The van der Waals surface area contributed by atoms with Crippen molar-refractivity contribution in [3.05, 3.63) is 41.8 Å². The Morgan fingerprint density at radius 2 is 2.00 bits per heavy atom. The summed E-state index contributed by atoms with van der Waals surface area (Å²) in [7, 11) is 2.17. The van der Waals surface area contributed by atoms with Gasteiger partial charge < -0.3 is 14.7 Å². The van der Waals surface area contributed by atoms with Crippen LogP contribution in [0, 0.1) is 0 Å². The van der Waals surface area contributed by atoms with E-state index in [0.717, 1.165) is 71.3 Å². The molecule has 0 unspecified atom stereocenters. The zero-order chi connectivity index (χ0) is 24.9. The number of thiazole rings is 1. The van der Waals surface area contributed by atoms with Crippen LogP contribution in [0.4, 0.5) is 0 Å². The number of benzene rings is 1. The smallest absolute Gasteiger partial charge is 0.187 e. The number of hydrogen-bond acceptors (Lipinski definition) is 8. The zero-order valence-corrected chi connectivity index (χ0v) is 21.7. The number of aliphatic hydroxyl groups is 1. The second kappa shape index (κ2) is 9.10. The molecule has 3 aromatic heterocycles. The van der Waals surface area contributed by atoms with Crippen molar-refractivity contribution < 1.29 is 9.84 Å². The van der Waals surface area contributed by atoms with Crippen molar-refractivity contribution in [2.24, 2.45) is 0 Å². The molecule has 1 N–H and O–H groups in total. The fraction of sp³-hybridized carbons (Fsp3) is 0.462. The van der Waals surface area contributed by atoms with E-state index in [2.05, 4.69) is 50.0 Å². The van der Waals surface area contributed by atoms with Crippen LogP contribution in [-0.4, -0.2) is 71.9 Å². The molecule has 10 heteroatoms. The molecule has 0 amide bonds. The Morgan fingerprint density at radius 3 is 2.81 bits per heavy atom. The van der Waals surface area contributed by atoms with Gasteiger partial charge in [-0.1, -0.05) is 6.07 Å². The van der Waals surface area contributed by atoms with Crippen molar-refractivity contribution >= 4 is 11.3 Å². The van der Waals surface area contributed by atoms with E-state index in [9.17, 15) is 5.11 Å². The first-order valence-corrected chi connectivity index (χ1v) is 13.3. The Bertz CT molecular complexity index is 1380. The summed E-state index contributed by atoms with van der Waals surface area (Å²) in [5, 5.41) is 20.0. The van der Waals surface area contributed by atoms with Gasteiger partial charge in [0.05, 0.1) is 36.7 Å². The Balaban J connectivity index is 1.31. The minimum Gasteiger partial charge on any atom is -0.492 e. The summed E-state index contributed by atoms with van der Waals surface area (Å²) < 4.78 is 10.0. The number of aromatic nitrogens is 6. The molecule has 0 radical (unpaired) electrons. The van der Waals surface area contributed by atoms with Gasteiger partial charge in [-0.25, -0.2) is 14.6 Å². The monoisotopic (exact) mass is 505 g/mol. The SMILES string of the molecule is CN1CCC(n2ncnc2-c2nc3c(s2)CCOc2cc(-c4cnn(CC(C)(C)O)c4)ccc2-3)CC1. The number of piperidine rings is 1. The Morgan fingerprint density at radius 1 is 1.17 bits per heavy atom. The van der Waals surface area contributed by atoms with E-state index in [-0.39, 0.29) is 0 Å². The van der Waals surface area contributed by atoms with Gasteiger partial charge in [0.2, 0.25) is 0 Å². The number of likely N-dealkylation sites (tertiary alicyclic amines) is 1. The number of fused-ring (bicyclic) bond motifs is 3. The van der Waals surface area contributed by atoms with Crippen LogP contribution in [0.3, 0.4) is 0 Å². The van der Waals surface area contributed by atoms with Crippen LogP contribution >= 0.6 is 11.3 Å². The first-order valence-electron chi connectivity index (χ1n) is 12.4. The van der Waals surface area contributed by atoms with Crippen LogP contribution in [0.5, 0.6) is 5.75 Å². The molecule has 0 bridgehead atoms. The summed E-state index contributed by atoms with van der Waals surface area (Å²) >= 11 is 1.70. The van der Waals surface area contributed by atoms with Crippen LogP contribution < -0.4 is 4.74 Å². The van der Waals surface area contributed by atoms with Crippen molar-refractivity contribution in [2.75, 3.05) is 26.7 Å². The number of hydrogen-bond donors (Lipinski definition) is 1. The molecule has 0 spiro atoms. The molecular formula is C26H31N7O2S. The Labute approximate surface area is 214 Å². The summed E-state index contributed by atoms with van der Waals surface area (Å²) in [6.07, 6.45) is 8.39. The lowest BCUT2D eigenvalue weighted by atomic mass is 10.0. The second-order valence-corrected chi connectivity index (χ2v) is 11.5. The number of nitrogens with zero attached hydrogens (tertiary/aromatic N) is 7. The van der Waals surface area contributed by atoms with Crippen LogP contribution in [0.2, 0.25) is 0 Å². The van der Waals surface area contributed by atoms with Gasteiger partial charge in [-0.3, -0.25) is 4.68 Å². The predicted octanol–water partition coefficient (Wildman–Crippen LogP) is 3.90. The van der Waals surface area contributed by atoms with Gasteiger partial charge in [0.25, 0.3) is 0 Å². The second-order valence-electron chi connectivity index (χ2n) is 10.4. The maximum Gasteiger partial charge on any atom is 0.187 e. The van der Waals surface area contributed by atoms with Crippen LogP contribution in [0.1, 0.15) is 37.6 Å². The normalized spacial score (nSPS) is 16.9. The van der Waals surface area contributed by atoms with Gasteiger partial charge in [-0.05, 0) is 64.5 Å². The van der Waals surface area contributed by atoms with Crippen molar-refractivity contribution in [3.8, 4) is 39.0 Å². The molecule has 5 heterocycles. The Kier molecular flexibility index (Phi) is 5.89. The van der Waals surface area contributed by atoms with E-state index in [4.69, 9.17) is 9.72 Å². The van der Waals surface area contributed by atoms with E-state index < -0.39 is 5.60 Å².